The normalized spacial score (nSPS) is 11.4. The van der Waals surface area contributed by atoms with E-state index < -0.39 is 0 Å². The third kappa shape index (κ3) is 4.19. The van der Waals surface area contributed by atoms with Crippen LogP contribution in [0.5, 0.6) is 11.5 Å². The van der Waals surface area contributed by atoms with Gasteiger partial charge in [-0.3, -0.25) is 0 Å². The molecular weight excluding hydrogens is 318 g/mol. The Hall–Kier alpha value is -0.710. The highest BCUT2D eigenvalue weighted by Crippen LogP contribution is 2.36. The van der Waals surface area contributed by atoms with Gasteiger partial charge in [0.25, 0.3) is 0 Å². The maximum Gasteiger partial charge on any atom is 0.161 e. The topological polar surface area (TPSA) is 44.5 Å². The van der Waals surface area contributed by atoms with Crippen LogP contribution in [0, 0.1) is 0 Å². The molecule has 1 atom stereocenters. The quantitative estimate of drug-likeness (QED) is 0.831. The van der Waals surface area contributed by atoms with Gasteiger partial charge in [0.15, 0.2) is 11.5 Å². The van der Waals surface area contributed by atoms with Crippen molar-refractivity contribution in [3.05, 3.63) is 34.3 Å². The molecule has 0 spiro atoms. The van der Waals surface area contributed by atoms with Crippen LogP contribution >= 0.6 is 28.3 Å². The fraction of sp³-hybridized carbons (Fsp3) is 0.385. The summed E-state index contributed by atoms with van der Waals surface area (Å²) in [4.78, 5) is 0. The first-order valence-corrected chi connectivity index (χ1v) is 6.10. The van der Waals surface area contributed by atoms with Crippen molar-refractivity contribution in [2.45, 2.75) is 19.4 Å². The van der Waals surface area contributed by atoms with Crippen molar-refractivity contribution < 1.29 is 9.47 Å². The summed E-state index contributed by atoms with van der Waals surface area (Å²) in [6.45, 7) is 5.84. The Morgan fingerprint density at radius 3 is 2.28 bits per heavy atom. The molecule has 0 aliphatic rings. The molecular formula is C13H19BrClNO2. The van der Waals surface area contributed by atoms with Gasteiger partial charge in [-0.05, 0) is 31.0 Å². The van der Waals surface area contributed by atoms with E-state index >= 15 is 0 Å². The van der Waals surface area contributed by atoms with Crippen LogP contribution in [0.2, 0.25) is 0 Å². The van der Waals surface area contributed by atoms with E-state index in [-0.39, 0.29) is 18.4 Å². The van der Waals surface area contributed by atoms with E-state index in [1.54, 1.807) is 14.2 Å². The molecule has 0 amide bonds. The molecule has 5 heteroatoms. The zero-order valence-corrected chi connectivity index (χ0v) is 13.2. The first-order valence-electron chi connectivity index (χ1n) is 5.31. The van der Waals surface area contributed by atoms with Gasteiger partial charge >= 0.3 is 0 Å². The lowest BCUT2D eigenvalue weighted by Gasteiger charge is -2.17. The molecule has 1 aromatic rings. The Morgan fingerprint density at radius 2 is 1.83 bits per heavy atom. The number of methoxy groups -OCH3 is 2. The molecule has 0 radical (unpaired) electrons. The molecule has 0 saturated heterocycles. The Labute approximate surface area is 123 Å². The summed E-state index contributed by atoms with van der Waals surface area (Å²) in [7, 11) is 3.22. The van der Waals surface area contributed by atoms with E-state index in [0.29, 0.717) is 11.5 Å². The predicted octanol–water partition coefficient (Wildman–Crippen LogP) is 3.85. The minimum absolute atomic E-state index is 0. The summed E-state index contributed by atoms with van der Waals surface area (Å²) >= 11 is 3.50. The SMILES string of the molecule is C=C(C)C[C@@H](N)c1cc(OC)c(OC)cc1Br.Cl. The first kappa shape index (κ1) is 17.3. The molecule has 0 aromatic heterocycles. The van der Waals surface area contributed by atoms with Crippen LogP contribution in [0.3, 0.4) is 0 Å². The van der Waals surface area contributed by atoms with Crippen molar-refractivity contribution in [1.29, 1.82) is 0 Å². The highest BCUT2D eigenvalue weighted by Gasteiger charge is 2.15. The summed E-state index contributed by atoms with van der Waals surface area (Å²) in [5.41, 5.74) is 8.17. The molecule has 0 aliphatic heterocycles. The van der Waals surface area contributed by atoms with Gasteiger partial charge in [-0.25, -0.2) is 0 Å². The number of rotatable bonds is 5. The molecule has 3 nitrogen and oxygen atoms in total. The van der Waals surface area contributed by atoms with Crippen molar-refractivity contribution >= 4 is 28.3 Å². The fourth-order valence-corrected chi connectivity index (χ4v) is 2.26. The Bertz CT molecular complexity index is 424. The van der Waals surface area contributed by atoms with Gasteiger partial charge < -0.3 is 15.2 Å². The van der Waals surface area contributed by atoms with Crippen molar-refractivity contribution in [3.8, 4) is 11.5 Å². The van der Waals surface area contributed by atoms with Gasteiger partial charge in [0, 0.05) is 10.5 Å². The zero-order chi connectivity index (χ0) is 13.0. The lowest BCUT2D eigenvalue weighted by atomic mass is 10.0. The van der Waals surface area contributed by atoms with Crippen molar-refractivity contribution in [2.75, 3.05) is 14.2 Å². The Morgan fingerprint density at radius 1 is 1.33 bits per heavy atom. The lowest BCUT2D eigenvalue weighted by Crippen LogP contribution is -2.11. The van der Waals surface area contributed by atoms with Gasteiger partial charge in [-0.1, -0.05) is 21.5 Å². The van der Waals surface area contributed by atoms with Crippen LogP contribution in [-0.4, -0.2) is 14.2 Å². The number of benzene rings is 1. The van der Waals surface area contributed by atoms with Crippen LogP contribution in [0.25, 0.3) is 0 Å². The molecule has 2 N–H and O–H groups in total. The monoisotopic (exact) mass is 335 g/mol. The van der Waals surface area contributed by atoms with Crippen molar-refractivity contribution in [2.24, 2.45) is 5.73 Å². The molecule has 0 bridgehead atoms. The van der Waals surface area contributed by atoms with Crippen LogP contribution in [0.15, 0.2) is 28.8 Å². The van der Waals surface area contributed by atoms with Crippen LogP contribution in [-0.2, 0) is 0 Å². The smallest absolute Gasteiger partial charge is 0.161 e. The molecule has 0 aliphatic carbocycles. The minimum atomic E-state index is -0.0957. The van der Waals surface area contributed by atoms with E-state index in [9.17, 15) is 0 Å². The molecule has 0 fully saturated rings. The summed E-state index contributed by atoms with van der Waals surface area (Å²) in [5, 5.41) is 0. The summed E-state index contributed by atoms with van der Waals surface area (Å²) in [5.74, 6) is 1.37. The van der Waals surface area contributed by atoms with Crippen LogP contribution in [0.4, 0.5) is 0 Å². The molecule has 1 rings (SSSR count). The maximum absolute atomic E-state index is 6.12. The molecule has 18 heavy (non-hydrogen) atoms. The first-order chi connectivity index (χ1) is 7.99. The van der Waals surface area contributed by atoms with E-state index in [0.717, 1.165) is 22.0 Å². The number of nitrogens with two attached hydrogens (primary N) is 1. The van der Waals surface area contributed by atoms with Gasteiger partial charge in [0.1, 0.15) is 0 Å². The minimum Gasteiger partial charge on any atom is -0.493 e. The van der Waals surface area contributed by atoms with Crippen molar-refractivity contribution in [3.63, 3.8) is 0 Å². The standard InChI is InChI=1S/C13H18BrNO2.ClH/c1-8(2)5-11(15)9-6-12(16-3)13(17-4)7-10(9)14;/h6-7,11H,1,5,15H2,2-4H3;1H/t11-;/m1./s1. The number of hydrogen-bond acceptors (Lipinski definition) is 3. The summed E-state index contributed by atoms with van der Waals surface area (Å²) < 4.78 is 11.4. The van der Waals surface area contributed by atoms with Crippen molar-refractivity contribution in [1.82, 2.24) is 0 Å². The number of ether oxygens (including phenoxy) is 2. The predicted molar refractivity (Wildman–Crippen MR) is 80.9 cm³/mol. The van der Waals surface area contributed by atoms with E-state index in [1.807, 2.05) is 19.1 Å². The summed E-state index contributed by atoms with van der Waals surface area (Å²) in [6, 6.07) is 3.67. The zero-order valence-electron chi connectivity index (χ0n) is 10.8. The van der Waals surface area contributed by atoms with Gasteiger partial charge in [0.05, 0.1) is 14.2 Å². The second-order valence-electron chi connectivity index (χ2n) is 4.00. The fourth-order valence-electron chi connectivity index (χ4n) is 1.64. The molecule has 1 aromatic carbocycles. The average molecular weight is 337 g/mol. The Balaban J connectivity index is 0.00000289. The van der Waals surface area contributed by atoms with Crippen LogP contribution < -0.4 is 15.2 Å². The third-order valence-electron chi connectivity index (χ3n) is 2.47. The molecule has 0 heterocycles. The largest absolute Gasteiger partial charge is 0.493 e. The molecule has 0 unspecified atom stereocenters. The number of hydrogen-bond donors (Lipinski definition) is 1. The lowest BCUT2D eigenvalue weighted by molar-refractivity contribution is 0.354. The second-order valence-corrected chi connectivity index (χ2v) is 4.85. The summed E-state index contributed by atoms with van der Waals surface area (Å²) in [6.07, 6.45) is 0.744. The second kappa shape index (κ2) is 7.67. The number of halogens is 2. The Kier molecular flexibility index (Phi) is 7.36. The average Bonchev–Trinajstić information content (AvgIpc) is 2.27. The van der Waals surface area contributed by atoms with Crippen LogP contribution in [0.1, 0.15) is 24.9 Å². The van der Waals surface area contributed by atoms with Gasteiger partial charge in [-0.2, -0.15) is 0 Å². The van der Waals surface area contributed by atoms with Gasteiger partial charge in [0.2, 0.25) is 0 Å². The van der Waals surface area contributed by atoms with Gasteiger partial charge in [-0.15, -0.1) is 19.0 Å². The van der Waals surface area contributed by atoms with E-state index in [1.165, 1.54) is 0 Å². The highest BCUT2D eigenvalue weighted by molar-refractivity contribution is 9.10. The molecule has 102 valence electrons. The maximum atomic E-state index is 6.12. The van der Waals surface area contributed by atoms with E-state index in [4.69, 9.17) is 15.2 Å². The highest BCUT2D eigenvalue weighted by atomic mass is 79.9. The third-order valence-corrected chi connectivity index (χ3v) is 3.16. The van der Waals surface area contributed by atoms with E-state index in [2.05, 4.69) is 22.5 Å². The molecule has 0 saturated carbocycles.